The summed E-state index contributed by atoms with van der Waals surface area (Å²) in [6, 6.07) is 6.33. The number of hydrogen-bond acceptors (Lipinski definition) is 4. The molecule has 0 bridgehead atoms. The van der Waals surface area contributed by atoms with Crippen LogP contribution in [-0.4, -0.2) is 11.0 Å². The number of rotatable bonds is 4. The van der Waals surface area contributed by atoms with Crippen molar-refractivity contribution in [3.05, 3.63) is 18.2 Å². The van der Waals surface area contributed by atoms with Gasteiger partial charge in [0.2, 0.25) is 0 Å². The first-order valence-corrected chi connectivity index (χ1v) is 6.84. The maximum atomic E-state index is 5.77. The normalized spacial score (nSPS) is 13.2. The molecule has 92 valence electrons. The number of thiazole rings is 1. The lowest BCUT2D eigenvalue weighted by Gasteiger charge is -2.19. The second-order valence-corrected chi connectivity index (χ2v) is 5.68. The molecule has 2 aromatic rings. The molecule has 0 aliphatic carbocycles. The van der Waals surface area contributed by atoms with Gasteiger partial charge in [-0.1, -0.05) is 32.1 Å². The van der Waals surface area contributed by atoms with E-state index in [0.29, 0.717) is 12.0 Å². The van der Waals surface area contributed by atoms with E-state index in [1.165, 1.54) is 0 Å². The van der Waals surface area contributed by atoms with Gasteiger partial charge in [0.1, 0.15) is 0 Å². The Morgan fingerprint density at radius 3 is 2.82 bits per heavy atom. The number of hydrogen-bond donors (Lipinski definition) is 2. The number of nitrogens with two attached hydrogens (primary N) is 1. The Morgan fingerprint density at radius 2 is 2.18 bits per heavy atom. The zero-order chi connectivity index (χ0) is 12.4. The molecule has 0 saturated heterocycles. The molecule has 0 fully saturated rings. The first kappa shape index (κ1) is 12.2. The lowest BCUT2D eigenvalue weighted by atomic mass is 10.0. The fraction of sp³-hybridized carbons (Fsp3) is 0.462. The Labute approximate surface area is 106 Å². The third-order valence-electron chi connectivity index (χ3n) is 2.97. The van der Waals surface area contributed by atoms with Crippen LogP contribution in [0.2, 0.25) is 0 Å². The summed E-state index contributed by atoms with van der Waals surface area (Å²) in [7, 11) is 0. The molecule has 1 heterocycles. The molecule has 1 aromatic heterocycles. The van der Waals surface area contributed by atoms with Crippen LogP contribution in [-0.2, 0) is 0 Å². The Hall–Kier alpha value is -1.29. The lowest BCUT2D eigenvalue weighted by molar-refractivity contribution is 0.511. The third-order valence-corrected chi connectivity index (χ3v) is 3.92. The van der Waals surface area contributed by atoms with Crippen LogP contribution in [0.5, 0.6) is 0 Å². The standard InChI is InChI=1S/C13H19N3S/c1-4-10(8(2)3)15-13-16-11-6-5-9(14)7-12(11)17-13/h5-8,10H,4,14H2,1-3H3,(H,15,16). The minimum atomic E-state index is 0.480. The maximum Gasteiger partial charge on any atom is 0.184 e. The minimum Gasteiger partial charge on any atom is -0.399 e. The predicted octanol–water partition coefficient (Wildman–Crippen LogP) is 3.73. The van der Waals surface area contributed by atoms with Crippen molar-refractivity contribution in [2.45, 2.75) is 33.2 Å². The van der Waals surface area contributed by atoms with Gasteiger partial charge in [-0.2, -0.15) is 0 Å². The first-order valence-electron chi connectivity index (χ1n) is 6.02. The summed E-state index contributed by atoms with van der Waals surface area (Å²) in [5.74, 6) is 0.608. The van der Waals surface area contributed by atoms with Crippen LogP contribution in [0.15, 0.2) is 18.2 Å². The van der Waals surface area contributed by atoms with Gasteiger partial charge in [0.25, 0.3) is 0 Å². The highest BCUT2D eigenvalue weighted by Crippen LogP contribution is 2.28. The smallest absolute Gasteiger partial charge is 0.184 e. The predicted molar refractivity (Wildman–Crippen MR) is 76.6 cm³/mol. The van der Waals surface area contributed by atoms with Crippen LogP contribution in [0, 0.1) is 5.92 Å². The van der Waals surface area contributed by atoms with Gasteiger partial charge < -0.3 is 11.1 Å². The highest BCUT2D eigenvalue weighted by molar-refractivity contribution is 7.22. The SMILES string of the molecule is CCC(Nc1nc2ccc(N)cc2s1)C(C)C. The van der Waals surface area contributed by atoms with E-state index in [0.717, 1.165) is 27.5 Å². The summed E-state index contributed by atoms with van der Waals surface area (Å²) in [4.78, 5) is 4.58. The number of aromatic nitrogens is 1. The van der Waals surface area contributed by atoms with Gasteiger partial charge in [-0.05, 0) is 30.5 Å². The van der Waals surface area contributed by atoms with Gasteiger partial charge in [0.15, 0.2) is 5.13 Å². The van der Waals surface area contributed by atoms with Crippen molar-refractivity contribution in [2.24, 2.45) is 5.92 Å². The Balaban J connectivity index is 2.24. The zero-order valence-electron chi connectivity index (χ0n) is 10.5. The Kier molecular flexibility index (Phi) is 3.52. The van der Waals surface area contributed by atoms with Crippen molar-refractivity contribution in [3.63, 3.8) is 0 Å². The fourth-order valence-corrected chi connectivity index (χ4v) is 2.88. The molecule has 0 saturated carbocycles. The van der Waals surface area contributed by atoms with E-state index >= 15 is 0 Å². The van der Waals surface area contributed by atoms with Crippen molar-refractivity contribution in [1.29, 1.82) is 0 Å². The second kappa shape index (κ2) is 4.92. The van der Waals surface area contributed by atoms with Gasteiger partial charge in [0.05, 0.1) is 10.2 Å². The third kappa shape index (κ3) is 2.69. The molecular formula is C13H19N3S. The summed E-state index contributed by atoms with van der Waals surface area (Å²) in [5.41, 5.74) is 7.58. The molecule has 0 spiro atoms. The number of fused-ring (bicyclic) bond motifs is 1. The number of nitrogen functional groups attached to an aromatic ring is 1. The summed E-state index contributed by atoms with van der Waals surface area (Å²) >= 11 is 1.67. The van der Waals surface area contributed by atoms with Crippen molar-refractivity contribution in [2.75, 3.05) is 11.1 Å². The Bertz CT molecular complexity index is 504. The lowest BCUT2D eigenvalue weighted by Crippen LogP contribution is -2.24. The quantitative estimate of drug-likeness (QED) is 0.812. The van der Waals surface area contributed by atoms with E-state index in [-0.39, 0.29) is 0 Å². The highest BCUT2D eigenvalue weighted by atomic mass is 32.1. The van der Waals surface area contributed by atoms with Gasteiger partial charge in [-0.25, -0.2) is 4.98 Å². The van der Waals surface area contributed by atoms with Gasteiger partial charge in [-0.3, -0.25) is 0 Å². The van der Waals surface area contributed by atoms with Crippen molar-refractivity contribution >= 4 is 32.4 Å². The molecule has 3 N–H and O–H groups in total. The number of benzene rings is 1. The highest BCUT2D eigenvalue weighted by Gasteiger charge is 2.13. The molecule has 2 rings (SSSR count). The maximum absolute atomic E-state index is 5.77. The van der Waals surface area contributed by atoms with Gasteiger partial charge in [-0.15, -0.1) is 0 Å². The van der Waals surface area contributed by atoms with Crippen LogP contribution < -0.4 is 11.1 Å². The molecule has 3 nitrogen and oxygen atoms in total. The van der Waals surface area contributed by atoms with E-state index in [2.05, 4.69) is 31.1 Å². The van der Waals surface area contributed by atoms with Crippen LogP contribution in [0.25, 0.3) is 10.2 Å². The largest absolute Gasteiger partial charge is 0.399 e. The van der Waals surface area contributed by atoms with E-state index < -0.39 is 0 Å². The first-order chi connectivity index (χ1) is 8.10. The summed E-state index contributed by atoms with van der Waals surface area (Å²) in [6.45, 7) is 6.65. The van der Waals surface area contributed by atoms with Crippen LogP contribution >= 0.6 is 11.3 Å². The number of anilines is 2. The monoisotopic (exact) mass is 249 g/mol. The molecule has 1 unspecified atom stereocenters. The molecule has 17 heavy (non-hydrogen) atoms. The van der Waals surface area contributed by atoms with E-state index in [9.17, 15) is 0 Å². The van der Waals surface area contributed by atoms with Crippen molar-refractivity contribution in [1.82, 2.24) is 4.98 Å². The zero-order valence-corrected chi connectivity index (χ0v) is 11.3. The molecule has 1 atom stereocenters. The molecular weight excluding hydrogens is 230 g/mol. The Morgan fingerprint density at radius 1 is 1.41 bits per heavy atom. The average Bonchev–Trinajstić information content (AvgIpc) is 2.66. The van der Waals surface area contributed by atoms with Crippen LogP contribution in [0.3, 0.4) is 0 Å². The van der Waals surface area contributed by atoms with Crippen molar-refractivity contribution in [3.8, 4) is 0 Å². The van der Waals surface area contributed by atoms with E-state index in [4.69, 9.17) is 5.73 Å². The summed E-state index contributed by atoms with van der Waals surface area (Å²) in [6.07, 6.45) is 1.11. The number of nitrogens with one attached hydrogen (secondary N) is 1. The minimum absolute atomic E-state index is 0.480. The van der Waals surface area contributed by atoms with Crippen LogP contribution in [0.1, 0.15) is 27.2 Å². The van der Waals surface area contributed by atoms with Crippen LogP contribution in [0.4, 0.5) is 10.8 Å². The summed E-state index contributed by atoms with van der Waals surface area (Å²) in [5, 5.41) is 4.50. The van der Waals surface area contributed by atoms with E-state index in [1.54, 1.807) is 11.3 Å². The van der Waals surface area contributed by atoms with Gasteiger partial charge in [0, 0.05) is 11.7 Å². The molecule has 1 aromatic carbocycles. The molecule has 0 amide bonds. The molecule has 0 aliphatic rings. The van der Waals surface area contributed by atoms with E-state index in [1.807, 2.05) is 18.2 Å². The fourth-order valence-electron chi connectivity index (χ4n) is 1.90. The summed E-state index contributed by atoms with van der Waals surface area (Å²) < 4.78 is 1.14. The average molecular weight is 249 g/mol. The molecule has 0 aliphatic heterocycles. The number of nitrogens with zero attached hydrogens (tertiary/aromatic N) is 1. The topological polar surface area (TPSA) is 50.9 Å². The second-order valence-electron chi connectivity index (χ2n) is 4.65. The molecule has 0 radical (unpaired) electrons. The molecule has 4 heteroatoms. The van der Waals surface area contributed by atoms with Gasteiger partial charge >= 0.3 is 0 Å². The van der Waals surface area contributed by atoms with Crippen molar-refractivity contribution < 1.29 is 0 Å².